The van der Waals surface area contributed by atoms with Crippen LogP contribution in [0.4, 0.5) is 0 Å². The Hall–Kier alpha value is -1.60. The molecule has 25 heavy (non-hydrogen) atoms. The van der Waals surface area contributed by atoms with E-state index in [-0.39, 0.29) is 37.3 Å². The maximum Gasteiger partial charge on any atom is 0.234 e. The summed E-state index contributed by atoms with van der Waals surface area (Å²) >= 11 is 0. The molecule has 0 spiro atoms. The van der Waals surface area contributed by atoms with Crippen molar-refractivity contribution in [3.63, 3.8) is 0 Å². The minimum Gasteiger partial charge on any atom is -0.383 e. The lowest BCUT2D eigenvalue weighted by atomic mass is 10.1. The van der Waals surface area contributed by atoms with E-state index in [4.69, 9.17) is 4.74 Å². The minimum atomic E-state index is -0.0429. The van der Waals surface area contributed by atoms with Gasteiger partial charge >= 0.3 is 0 Å². The maximum atomic E-state index is 11.7. The molecule has 0 bridgehead atoms. The second kappa shape index (κ2) is 13.7. The number of halogens is 2. The molecule has 1 aromatic carbocycles. The van der Waals surface area contributed by atoms with Crippen LogP contribution in [0.3, 0.4) is 0 Å². The number of hydrogen-bond donors (Lipinski definition) is 2. The summed E-state index contributed by atoms with van der Waals surface area (Å²) in [5.41, 5.74) is 1.29. The van der Waals surface area contributed by atoms with E-state index in [2.05, 4.69) is 32.3 Å². The first-order valence-corrected chi connectivity index (χ1v) is 7.80. The summed E-state index contributed by atoms with van der Waals surface area (Å²) in [6.07, 6.45) is 4.65. The molecule has 8 heteroatoms. The molecule has 1 amide bonds. The van der Waals surface area contributed by atoms with Gasteiger partial charge in [-0.25, -0.2) is 4.98 Å². The zero-order valence-corrected chi connectivity index (χ0v) is 15.9. The first-order chi connectivity index (χ1) is 11.3. The van der Waals surface area contributed by atoms with Crippen LogP contribution in [0.15, 0.2) is 42.7 Å². The zero-order valence-electron chi connectivity index (χ0n) is 14.3. The fourth-order valence-corrected chi connectivity index (χ4v) is 2.22. The van der Waals surface area contributed by atoms with Crippen LogP contribution in [0.2, 0.25) is 0 Å². The van der Waals surface area contributed by atoms with Crippen LogP contribution in [-0.4, -0.2) is 42.3 Å². The Labute approximate surface area is 161 Å². The fourth-order valence-electron chi connectivity index (χ4n) is 2.22. The molecular weight excluding hydrogens is 363 g/mol. The zero-order chi connectivity index (χ0) is 16.3. The summed E-state index contributed by atoms with van der Waals surface area (Å²) in [6.45, 7) is 2.83. The first-order valence-electron chi connectivity index (χ1n) is 7.80. The van der Waals surface area contributed by atoms with E-state index in [0.29, 0.717) is 19.7 Å². The lowest BCUT2D eigenvalue weighted by Gasteiger charge is -2.09. The van der Waals surface area contributed by atoms with Crippen molar-refractivity contribution in [2.45, 2.75) is 19.5 Å². The number of benzene rings is 1. The number of nitrogens with zero attached hydrogens (tertiary/aromatic N) is 2. The average molecular weight is 389 g/mol. The molecule has 2 N–H and O–H groups in total. The lowest BCUT2D eigenvalue weighted by molar-refractivity contribution is -0.120. The highest BCUT2D eigenvalue weighted by Crippen LogP contribution is 2.04. The number of rotatable bonds is 10. The highest BCUT2D eigenvalue weighted by atomic mass is 35.5. The number of ether oxygens (including phenoxy) is 1. The number of carbonyl (C=O) groups is 1. The number of imidazole rings is 1. The predicted molar refractivity (Wildman–Crippen MR) is 103 cm³/mol. The van der Waals surface area contributed by atoms with Gasteiger partial charge in [0.05, 0.1) is 19.7 Å². The normalized spacial score (nSPS) is 9.80. The lowest BCUT2D eigenvalue weighted by Crippen LogP contribution is -2.35. The van der Waals surface area contributed by atoms with Crippen molar-refractivity contribution in [2.75, 3.05) is 26.8 Å². The minimum absolute atomic E-state index is 0. The molecule has 2 aromatic rings. The van der Waals surface area contributed by atoms with Gasteiger partial charge in [-0.15, -0.1) is 24.8 Å². The van der Waals surface area contributed by atoms with Crippen LogP contribution in [0.1, 0.15) is 11.4 Å². The molecule has 0 radical (unpaired) electrons. The largest absolute Gasteiger partial charge is 0.383 e. The van der Waals surface area contributed by atoms with Crippen LogP contribution in [0.25, 0.3) is 0 Å². The number of aromatic nitrogens is 2. The number of aryl methyl sites for hydroxylation is 2. The summed E-state index contributed by atoms with van der Waals surface area (Å²) in [7, 11) is 1.64. The van der Waals surface area contributed by atoms with Gasteiger partial charge in [-0.1, -0.05) is 30.3 Å². The predicted octanol–water partition coefficient (Wildman–Crippen LogP) is 1.82. The van der Waals surface area contributed by atoms with Crippen LogP contribution in [0, 0.1) is 0 Å². The second-order valence-corrected chi connectivity index (χ2v) is 5.22. The molecular formula is C17H26Cl2N4O2. The van der Waals surface area contributed by atoms with Crippen molar-refractivity contribution >= 4 is 30.7 Å². The Morgan fingerprint density at radius 3 is 2.72 bits per heavy atom. The highest BCUT2D eigenvalue weighted by Gasteiger charge is 2.06. The Kier molecular flexibility index (Phi) is 12.8. The molecule has 0 atom stereocenters. The number of hydrogen-bond acceptors (Lipinski definition) is 4. The van der Waals surface area contributed by atoms with E-state index in [9.17, 15) is 4.79 Å². The van der Waals surface area contributed by atoms with Gasteiger partial charge < -0.3 is 19.9 Å². The van der Waals surface area contributed by atoms with Gasteiger partial charge in [0.15, 0.2) is 0 Å². The van der Waals surface area contributed by atoms with Gasteiger partial charge in [0.2, 0.25) is 5.91 Å². The van der Waals surface area contributed by atoms with Crippen molar-refractivity contribution in [3.05, 3.63) is 54.1 Å². The molecule has 1 heterocycles. The maximum absolute atomic E-state index is 11.7. The van der Waals surface area contributed by atoms with E-state index >= 15 is 0 Å². The van der Waals surface area contributed by atoms with Crippen molar-refractivity contribution in [3.8, 4) is 0 Å². The third-order valence-corrected chi connectivity index (χ3v) is 3.50. The van der Waals surface area contributed by atoms with Crippen molar-refractivity contribution in [1.82, 2.24) is 20.2 Å². The molecule has 2 rings (SSSR count). The van der Waals surface area contributed by atoms with Crippen molar-refractivity contribution in [2.24, 2.45) is 0 Å². The van der Waals surface area contributed by atoms with E-state index in [1.54, 1.807) is 13.3 Å². The number of amides is 1. The van der Waals surface area contributed by atoms with Crippen LogP contribution >= 0.6 is 24.8 Å². The molecule has 0 fully saturated rings. The number of carbonyl (C=O) groups excluding carboxylic acids is 1. The summed E-state index contributed by atoms with van der Waals surface area (Å²) in [5, 5.41) is 5.89. The summed E-state index contributed by atoms with van der Waals surface area (Å²) in [5.74, 6) is 0.824. The van der Waals surface area contributed by atoms with Gasteiger partial charge in [0.25, 0.3) is 0 Å². The Morgan fingerprint density at radius 2 is 2.00 bits per heavy atom. The Balaban J connectivity index is 0.00000288. The van der Waals surface area contributed by atoms with Gasteiger partial charge in [0.1, 0.15) is 5.82 Å². The van der Waals surface area contributed by atoms with Crippen molar-refractivity contribution < 1.29 is 9.53 Å². The second-order valence-electron chi connectivity index (χ2n) is 5.22. The molecule has 0 aliphatic rings. The smallest absolute Gasteiger partial charge is 0.234 e. The third kappa shape index (κ3) is 8.88. The number of nitrogens with one attached hydrogen (secondary N) is 2. The van der Waals surface area contributed by atoms with Crippen molar-refractivity contribution in [1.29, 1.82) is 0 Å². The van der Waals surface area contributed by atoms with Crippen LogP contribution in [0.5, 0.6) is 0 Å². The quantitative estimate of drug-likeness (QED) is 0.609. The standard InChI is InChI=1S/C17H24N4O2.2ClH/c1-23-12-9-18-14-17(22)20-13-16-19-8-11-21(16)10-7-15-5-3-2-4-6-15;;/h2-6,8,11,18H,7,9-10,12-14H2,1H3,(H,20,22);2*1H. The highest BCUT2D eigenvalue weighted by molar-refractivity contribution is 5.85. The topological polar surface area (TPSA) is 68.2 Å². The monoisotopic (exact) mass is 388 g/mol. The third-order valence-electron chi connectivity index (χ3n) is 3.50. The molecule has 0 aliphatic heterocycles. The van der Waals surface area contributed by atoms with Crippen LogP contribution < -0.4 is 10.6 Å². The summed E-state index contributed by atoms with van der Waals surface area (Å²) < 4.78 is 6.99. The molecule has 1 aromatic heterocycles. The van der Waals surface area contributed by atoms with Crippen LogP contribution in [-0.2, 0) is 29.0 Å². The SMILES string of the molecule is COCCNCC(=O)NCc1nccn1CCc1ccccc1.Cl.Cl. The molecule has 0 saturated heterocycles. The first kappa shape index (κ1) is 23.4. The molecule has 140 valence electrons. The van der Waals surface area contributed by atoms with Gasteiger partial charge in [0, 0.05) is 32.6 Å². The van der Waals surface area contributed by atoms with Gasteiger partial charge in [-0.05, 0) is 12.0 Å². The van der Waals surface area contributed by atoms with E-state index < -0.39 is 0 Å². The fraction of sp³-hybridized carbons (Fsp3) is 0.412. The van der Waals surface area contributed by atoms with E-state index in [1.807, 2.05) is 24.4 Å². The summed E-state index contributed by atoms with van der Waals surface area (Å²) in [4.78, 5) is 16.1. The molecule has 0 saturated carbocycles. The molecule has 6 nitrogen and oxygen atoms in total. The van der Waals surface area contributed by atoms with Gasteiger partial charge in [-0.2, -0.15) is 0 Å². The Morgan fingerprint density at radius 1 is 1.24 bits per heavy atom. The molecule has 0 aliphatic carbocycles. The Bertz CT molecular complexity index is 593. The van der Waals surface area contributed by atoms with E-state index in [1.165, 1.54) is 5.56 Å². The average Bonchev–Trinajstić information content (AvgIpc) is 3.03. The molecule has 0 unspecified atom stereocenters. The number of methoxy groups -OCH3 is 1. The summed E-state index contributed by atoms with van der Waals surface area (Å²) in [6, 6.07) is 10.3. The van der Waals surface area contributed by atoms with E-state index in [0.717, 1.165) is 18.8 Å². The van der Waals surface area contributed by atoms with Gasteiger partial charge in [-0.3, -0.25) is 4.79 Å².